The number of amides is 1. The summed E-state index contributed by atoms with van der Waals surface area (Å²) in [7, 11) is 0. The molecule has 0 aliphatic rings. The van der Waals surface area contributed by atoms with Gasteiger partial charge in [-0.15, -0.1) is 0 Å². The van der Waals surface area contributed by atoms with Crippen molar-refractivity contribution in [3.63, 3.8) is 0 Å². The first kappa shape index (κ1) is 15.1. The molecular weight excluding hydrogens is 290 g/mol. The fourth-order valence-electron chi connectivity index (χ4n) is 1.89. The van der Waals surface area contributed by atoms with Crippen LogP contribution in [0.1, 0.15) is 21.5 Å². The van der Waals surface area contributed by atoms with E-state index in [-0.39, 0.29) is 23.6 Å². The lowest BCUT2D eigenvalue weighted by Gasteiger charge is -2.09. The zero-order valence-electron chi connectivity index (χ0n) is 11.4. The van der Waals surface area contributed by atoms with E-state index in [1.807, 2.05) is 31.2 Å². The normalized spacial score (nSPS) is 10.2. The Morgan fingerprint density at radius 3 is 2.43 bits per heavy atom. The molecule has 21 heavy (non-hydrogen) atoms. The largest absolute Gasteiger partial charge is 0.478 e. The highest BCUT2D eigenvalue weighted by molar-refractivity contribution is 6.31. The smallest absolute Gasteiger partial charge is 0.337 e. The average Bonchev–Trinajstić information content (AvgIpc) is 2.41. The van der Waals surface area contributed by atoms with E-state index in [1.165, 1.54) is 18.2 Å². The Balaban J connectivity index is 2.14. The predicted octanol–water partition coefficient (Wildman–Crippen LogP) is 3.53. The lowest BCUT2D eigenvalue weighted by Crippen LogP contribution is -2.16. The van der Waals surface area contributed by atoms with E-state index in [2.05, 4.69) is 5.32 Å². The molecule has 0 spiro atoms. The molecule has 0 radical (unpaired) electrons. The minimum atomic E-state index is -1.11. The molecule has 0 saturated carbocycles. The summed E-state index contributed by atoms with van der Waals surface area (Å²) in [6.45, 7) is 1.97. The van der Waals surface area contributed by atoms with Crippen molar-refractivity contribution in [3.05, 3.63) is 64.2 Å². The summed E-state index contributed by atoms with van der Waals surface area (Å²) >= 11 is 5.84. The van der Waals surface area contributed by atoms with Gasteiger partial charge in [-0.2, -0.15) is 0 Å². The molecule has 0 unspecified atom stereocenters. The quantitative estimate of drug-likeness (QED) is 0.908. The Labute approximate surface area is 127 Å². The van der Waals surface area contributed by atoms with Crippen LogP contribution in [0.25, 0.3) is 0 Å². The maximum absolute atomic E-state index is 12.0. The highest BCUT2D eigenvalue weighted by Crippen LogP contribution is 2.21. The van der Waals surface area contributed by atoms with Crippen LogP contribution >= 0.6 is 11.6 Å². The molecule has 108 valence electrons. The minimum Gasteiger partial charge on any atom is -0.478 e. The van der Waals surface area contributed by atoms with E-state index in [0.717, 1.165) is 11.1 Å². The molecule has 0 bridgehead atoms. The van der Waals surface area contributed by atoms with Gasteiger partial charge in [0.15, 0.2) is 0 Å². The van der Waals surface area contributed by atoms with Crippen LogP contribution in [-0.4, -0.2) is 17.0 Å². The van der Waals surface area contributed by atoms with Gasteiger partial charge in [0.2, 0.25) is 5.91 Å². The molecular formula is C16H14ClNO3. The number of carboxylic acid groups (broad SMARTS) is 1. The fourth-order valence-corrected chi connectivity index (χ4v) is 2.06. The van der Waals surface area contributed by atoms with Crippen molar-refractivity contribution in [2.75, 3.05) is 5.32 Å². The van der Waals surface area contributed by atoms with Crippen molar-refractivity contribution in [2.24, 2.45) is 0 Å². The minimum absolute atomic E-state index is 0.0108. The van der Waals surface area contributed by atoms with Crippen molar-refractivity contribution in [2.45, 2.75) is 13.3 Å². The van der Waals surface area contributed by atoms with Gasteiger partial charge >= 0.3 is 5.97 Å². The Morgan fingerprint density at radius 1 is 1.14 bits per heavy atom. The standard InChI is InChI=1S/C16H14ClNO3/c1-10-2-4-11(5-3-10)8-15(19)18-14-9-12(17)6-7-13(14)16(20)21/h2-7,9H,8H2,1H3,(H,18,19)(H,20,21). The Morgan fingerprint density at radius 2 is 1.81 bits per heavy atom. The van der Waals surface area contributed by atoms with E-state index >= 15 is 0 Å². The summed E-state index contributed by atoms with van der Waals surface area (Å²) in [6, 6.07) is 11.8. The molecule has 0 atom stereocenters. The number of aryl methyl sites for hydroxylation is 1. The monoisotopic (exact) mass is 303 g/mol. The zero-order valence-corrected chi connectivity index (χ0v) is 12.1. The van der Waals surface area contributed by atoms with Crippen LogP contribution in [0.2, 0.25) is 5.02 Å². The first-order valence-electron chi connectivity index (χ1n) is 6.34. The van der Waals surface area contributed by atoms with E-state index in [4.69, 9.17) is 16.7 Å². The highest BCUT2D eigenvalue weighted by atomic mass is 35.5. The lowest BCUT2D eigenvalue weighted by atomic mass is 10.1. The van der Waals surface area contributed by atoms with Gasteiger partial charge in [-0.1, -0.05) is 41.4 Å². The maximum atomic E-state index is 12.0. The second kappa shape index (κ2) is 6.41. The molecule has 2 N–H and O–H groups in total. The third-order valence-corrected chi connectivity index (χ3v) is 3.21. The number of halogens is 1. The van der Waals surface area contributed by atoms with E-state index in [0.29, 0.717) is 5.02 Å². The van der Waals surface area contributed by atoms with Gasteiger partial charge in [-0.3, -0.25) is 4.79 Å². The molecule has 2 aromatic rings. The van der Waals surface area contributed by atoms with Crippen LogP contribution in [-0.2, 0) is 11.2 Å². The lowest BCUT2D eigenvalue weighted by molar-refractivity contribution is -0.115. The van der Waals surface area contributed by atoms with Crippen LogP contribution in [0.3, 0.4) is 0 Å². The number of anilines is 1. The molecule has 0 fully saturated rings. The summed E-state index contributed by atoms with van der Waals surface area (Å²) < 4.78 is 0. The Kier molecular flexibility index (Phi) is 4.60. The van der Waals surface area contributed by atoms with E-state index in [9.17, 15) is 9.59 Å². The van der Waals surface area contributed by atoms with Crippen molar-refractivity contribution in [3.8, 4) is 0 Å². The first-order chi connectivity index (χ1) is 9.95. The number of rotatable bonds is 4. The molecule has 1 amide bonds. The number of carboxylic acids is 1. The van der Waals surface area contributed by atoms with Gasteiger partial charge < -0.3 is 10.4 Å². The highest BCUT2D eigenvalue weighted by Gasteiger charge is 2.13. The van der Waals surface area contributed by atoms with Crippen LogP contribution in [0, 0.1) is 6.92 Å². The van der Waals surface area contributed by atoms with E-state index < -0.39 is 5.97 Å². The van der Waals surface area contributed by atoms with Gasteiger partial charge in [0.1, 0.15) is 0 Å². The predicted molar refractivity (Wildman–Crippen MR) is 81.9 cm³/mol. The molecule has 0 aromatic heterocycles. The SMILES string of the molecule is Cc1ccc(CC(=O)Nc2cc(Cl)ccc2C(=O)O)cc1. The summed E-state index contributed by atoms with van der Waals surface area (Å²) in [5.74, 6) is -1.40. The molecule has 2 rings (SSSR count). The third kappa shape index (κ3) is 4.07. The topological polar surface area (TPSA) is 66.4 Å². The third-order valence-electron chi connectivity index (χ3n) is 2.97. The van der Waals surface area contributed by atoms with Gasteiger partial charge in [-0.25, -0.2) is 4.79 Å². The Hall–Kier alpha value is -2.33. The van der Waals surface area contributed by atoms with Crippen molar-refractivity contribution in [1.82, 2.24) is 0 Å². The molecule has 0 aliphatic heterocycles. The maximum Gasteiger partial charge on any atom is 0.337 e. The van der Waals surface area contributed by atoms with Crippen molar-refractivity contribution >= 4 is 29.2 Å². The number of nitrogens with one attached hydrogen (secondary N) is 1. The van der Waals surface area contributed by atoms with Crippen LogP contribution in [0.4, 0.5) is 5.69 Å². The first-order valence-corrected chi connectivity index (χ1v) is 6.72. The number of hydrogen-bond acceptors (Lipinski definition) is 2. The molecule has 2 aromatic carbocycles. The van der Waals surface area contributed by atoms with Crippen LogP contribution in [0.5, 0.6) is 0 Å². The van der Waals surface area contributed by atoms with Crippen LogP contribution in [0.15, 0.2) is 42.5 Å². The molecule has 0 aliphatic carbocycles. The summed E-state index contributed by atoms with van der Waals surface area (Å²) in [6.07, 6.45) is 0.172. The van der Waals surface area contributed by atoms with E-state index in [1.54, 1.807) is 0 Å². The summed E-state index contributed by atoms with van der Waals surface area (Å²) in [5, 5.41) is 12.1. The fraction of sp³-hybridized carbons (Fsp3) is 0.125. The second-order valence-electron chi connectivity index (χ2n) is 4.71. The van der Waals surface area contributed by atoms with Gasteiger partial charge in [0, 0.05) is 5.02 Å². The van der Waals surface area contributed by atoms with Gasteiger partial charge in [0.05, 0.1) is 17.7 Å². The van der Waals surface area contributed by atoms with Gasteiger partial charge in [0.25, 0.3) is 0 Å². The molecule has 0 heterocycles. The number of carbonyl (C=O) groups excluding carboxylic acids is 1. The molecule has 0 saturated heterocycles. The van der Waals surface area contributed by atoms with Crippen molar-refractivity contribution < 1.29 is 14.7 Å². The number of aromatic carboxylic acids is 1. The van der Waals surface area contributed by atoms with Gasteiger partial charge in [-0.05, 0) is 30.7 Å². The summed E-state index contributed by atoms with van der Waals surface area (Å²) in [5.41, 5.74) is 2.18. The zero-order chi connectivity index (χ0) is 15.4. The number of carbonyl (C=O) groups is 2. The number of benzene rings is 2. The summed E-state index contributed by atoms with van der Waals surface area (Å²) in [4.78, 5) is 23.1. The van der Waals surface area contributed by atoms with Crippen LogP contribution < -0.4 is 5.32 Å². The number of hydrogen-bond donors (Lipinski definition) is 2. The second-order valence-corrected chi connectivity index (χ2v) is 5.14. The average molecular weight is 304 g/mol. The van der Waals surface area contributed by atoms with Crippen molar-refractivity contribution in [1.29, 1.82) is 0 Å². The Bertz CT molecular complexity index is 680. The molecule has 5 heteroatoms. The molecule has 4 nitrogen and oxygen atoms in total.